The first-order valence-electron chi connectivity index (χ1n) is 8.29. The summed E-state index contributed by atoms with van der Waals surface area (Å²) < 4.78 is 1.69. The number of rotatable bonds is 5. The molecule has 3 rings (SSSR count). The van der Waals surface area contributed by atoms with E-state index in [1.54, 1.807) is 9.58 Å². The molecular weight excluding hydrogens is 290 g/mol. The molecule has 1 N–H and O–H groups in total. The third-order valence-corrected chi connectivity index (χ3v) is 4.39. The second-order valence-electron chi connectivity index (χ2n) is 6.88. The monoisotopic (exact) mass is 315 g/mol. The summed E-state index contributed by atoms with van der Waals surface area (Å²) in [6.07, 6.45) is 4.19. The Morgan fingerprint density at radius 3 is 2.96 bits per heavy atom. The van der Waals surface area contributed by atoms with Crippen molar-refractivity contribution in [2.24, 2.45) is 13.0 Å². The number of fused-ring (bicyclic) bond motifs is 1. The Hall–Kier alpha value is -2.11. The Morgan fingerprint density at radius 2 is 2.22 bits per heavy atom. The van der Waals surface area contributed by atoms with Crippen LogP contribution in [0.3, 0.4) is 0 Å². The summed E-state index contributed by atoms with van der Waals surface area (Å²) in [5.41, 5.74) is 5.14. The van der Waals surface area contributed by atoms with E-state index in [1.165, 1.54) is 17.7 Å². The predicted molar refractivity (Wildman–Crippen MR) is 88.2 cm³/mol. The Kier molecular flexibility index (Phi) is 4.24. The minimum atomic E-state index is -0.00949. The molecule has 0 radical (unpaired) electrons. The largest absolute Gasteiger partial charge is 0.334 e. The fraction of sp³-hybridized carbons (Fsp3) is 0.588. The molecule has 23 heavy (non-hydrogen) atoms. The number of nitrogens with one attached hydrogen (secondary N) is 1. The topological polar surface area (TPSA) is 66.8 Å². The summed E-state index contributed by atoms with van der Waals surface area (Å²) in [7, 11) is 3.66. The number of aromatic nitrogens is 4. The van der Waals surface area contributed by atoms with E-state index in [-0.39, 0.29) is 5.91 Å². The molecule has 124 valence electrons. The molecule has 1 aliphatic rings. The number of hydrogen-bond donors (Lipinski definition) is 1. The van der Waals surface area contributed by atoms with E-state index >= 15 is 0 Å². The highest BCUT2D eigenvalue weighted by Gasteiger charge is 2.23. The Balaban J connectivity index is 1.73. The van der Waals surface area contributed by atoms with Crippen LogP contribution < -0.4 is 0 Å². The number of hydrogen-bond acceptors (Lipinski definition) is 3. The standard InChI is InChI=1S/C17H25N5O/c1-11(2)8-12-9-16(22(4)20-12)17(23)21(3)10-15-13-6-5-7-14(13)18-19-15/h9,11H,5-8,10H2,1-4H3,(H,18,19). The van der Waals surface area contributed by atoms with E-state index in [4.69, 9.17) is 0 Å². The van der Waals surface area contributed by atoms with Crippen molar-refractivity contribution in [2.75, 3.05) is 7.05 Å². The molecule has 0 aromatic carbocycles. The molecule has 2 heterocycles. The maximum Gasteiger partial charge on any atom is 0.272 e. The molecular formula is C17H25N5O. The average Bonchev–Trinajstić information content (AvgIpc) is 3.15. The molecule has 0 unspecified atom stereocenters. The highest BCUT2D eigenvalue weighted by atomic mass is 16.2. The molecule has 0 spiro atoms. The molecule has 6 heteroatoms. The Labute approximate surface area is 136 Å². The molecule has 2 aromatic heterocycles. The second-order valence-corrected chi connectivity index (χ2v) is 6.88. The first-order valence-corrected chi connectivity index (χ1v) is 8.29. The molecule has 1 amide bonds. The van der Waals surface area contributed by atoms with Crippen LogP contribution in [-0.4, -0.2) is 37.8 Å². The van der Waals surface area contributed by atoms with Gasteiger partial charge in [0.15, 0.2) is 0 Å². The van der Waals surface area contributed by atoms with Crippen LogP contribution in [0.25, 0.3) is 0 Å². The van der Waals surface area contributed by atoms with Gasteiger partial charge in [-0.1, -0.05) is 13.8 Å². The number of carbonyl (C=O) groups excluding carboxylic acids is 1. The summed E-state index contributed by atoms with van der Waals surface area (Å²) in [6.45, 7) is 4.84. The van der Waals surface area contributed by atoms with Crippen molar-refractivity contribution in [1.29, 1.82) is 0 Å². The van der Waals surface area contributed by atoms with Gasteiger partial charge in [0.05, 0.1) is 17.9 Å². The summed E-state index contributed by atoms with van der Waals surface area (Å²) in [6, 6.07) is 1.91. The van der Waals surface area contributed by atoms with Gasteiger partial charge in [0.1, 0.15) is 5.69 Å². The summed E-state index contributed by atoms with van der Waals surface area (Å²) in [5, 5.41) is 11.9. The zero-order valence-corrected chi connectivity index (χ0v) is 14.4. The van der Waals surface area contributed by atoms with Gasteiger partial charge in [0.25, 0.3) is 5.91 Å². The summed E-state index contributed by atoms with van der Waals surface area (Å²) in [5.74, 6) is 0.516. The van der Waals surface area contributed by atoms with Crippen LogP contribution in [0.4, 0.5) is 0 Å². The van der Waals surface area contributed by atoms with Crippen molar-refractivity contribution < 1.29 is 4.79 Å². The highest BCUT2D eigenvalue weighted by molar-refractivity contribution is 5.92. The van der Waals surface area contributed by atoms with Crippen LogP contribution in [0.15, 0.2) is 6.07 Å². The van der Waals surface area contributed by atoms with E-state index in [9.17, 15) is 4.79 Å². The molecule has 1 aliphatic carbocycles. The minimum absolute atomic E-state index is 0.00949. The molecule has 0 saturated carbocycles. The fourth-order valence-corrected chi connectivity index (χ4v) is 3.26. The normalized spacial score (nSPS) is 13.6. The minimum Gasteiger partial charge on any atom is -0.334 e. The van der Waals surface area contributed by atoms with Crippen LogP contribution >= 0.6 is 0 Å². The number of H-pyrrole nitrogens is 1. The molecule has 0 bridgehead atoms. The molecule has 0 aliphatic heterocycles. The van der Waals surface area contributed by atoms with Crippen molar-refractivity contribution in [3.05, 3.63) is 34.4 Å². The molecule has 0 fully saturated rings. The van der Waals surface area contributed by atoms with Gasteiger partial charge in [0.2, 0.25) is 0 Å². The van der Waals surface area contributed by atoms with Crippen molar-refractivity contribution in [3.63, 3.8) is 0 Å². The second kappa shape index (κ2) is 6.18. The lowest BCUT2D eigenvalue weighted by atomic mass is 10.1. The summed E-state index contributed by atoms with van der Waals surface area (Å²) >= 11 is 0. The first-order chi connectivity index (χ1) is 11.0. The summed E-state index contributed by atoms with van der Waals surface area (Å²) in [4.78, 5) is 14.4. The van der Waals surface area contributed by atoms with Crippen molar-refractivity contribution in [1.82, 2.24) is 24.9 Å². The van der Waals surface area contributed by atoms with Gasteiger partial charge in [-0.25, -0.2) is 0 Å². The number of aryl methyl sites for hydroxylation is 2. The lowest BCUT2D eigenvalue weighted by molar-refractivity contribution is 0.0772. The van der Waals surface area contributed by atoms with Crippen LogP contribution in [0.5, 0.6) is 0 Å². The lowest BCUT2D eigenvalue weighted by Crippen LogP contribution is -2.28. The number of aromatic amines is 1. The van der Waals surface area contributed by atoms with Crippen molar-refractivity contribution >= 4 is 5.91 Å². The van der Waals surface area contributed by atoms with Gasteiger partial charge >= 0.3 is 0 Å². The third kappa shape index (κ3) is 3.16. The average molecular weight is 315 g/mol. The predicted octanol–water partition coefficient (Wildman–Crippen LogP) is 2.10. The SMILES string of the molecule is CC(C)Cc1cc(C(=O)N(C)Cc2n[nH]c3c2CCC3)n(C)n1. The van der Waals surface area contributed by atoms with E-state index in [0.29, 0.717) is 18.2 Å². The van der Waals surface area contributed by atoms with Gasteiger partial charge in [-0.2, -0.15) is 10.2 Å². The van der Waals surface area contributed by atoms with E-state index < -0.39 is 0 Å². The maximum absolute atomic E-state index is 12.7. The zero-order chi connectivity index (χ0) is 16.6. The molecule has 2 aromatic rings. The lowest BCUT2D eigenvalue weighted by Gasteiger charge is -2.16. The Morgan fingerprint density at radius 1 is 1.43 bits per heavy atom. The van der Waals surface area contributed by atoms with E-state index in [2.05, 4.69) is 29.1 Å². The quantitative estimate of drug-likeness (QED) is 0.919. The third-order valence-electron chi connectivity index (χ3n) is 4.39. The smallest absolute Gasteiger partial charge is 0.272 e. The molecule has 0 atom stereocenters. The van der Waals surface area contributed by atoms with Crippen molar-refractivity contribution in [2.45, 2.75) is 46.1 Å². The van der Waals surface area contributed by atoms with Crippen LogP contribution in [0, 0.1) is 5.92 Å². The van der Waals surface area contributed by atoms with Crippen LogP contribution in [0.2, 0.25) is 0 Å². The van der Waals surface area contributed by atoms with Crippen molar-refractivity contribution in [3.8, 4) is 0 Å². The highest BCUT2D eigenvalue weighted by Crippen LogP contribution is 2.23. The van der Waals surface area contributed by atoms with Gasteiger partial charge in [-0.3, -0.25) is 14.6 Å². The number of amides is 1. The van der Waals surface area contributed by atoms with Crippen LogP contribution in [-0.2, 0) is 32.9 Å². The van der Waals surface area contributed by atoms with E-state index in [1.807, 2.05) is 20.2 Å². The van der Waals surface area contributed by atoms with Crippen LogP contribution in [0.1, 0.15) is 53.4 Å². The fourth-order valence-electron chi connectivity index (χ4n) is 3.26. The van der Waals surface area contributed by atoms with Gasteiger partial charge in [0, 0.05) is 19.8 Å². The van der Waals surface area contributed by atoms with Gasteiger partial charge in [-0.15, -0.1) is 0 Å². The Bertz CT molecular complexity index is 713. The van der Waals surface area contributed by atoms with Gasteiger partial charge in [-0.05, 0) is 43.2 Å². The zero-order valence-electron chi connectivity index (χ0n) is 14.4. The maximum atomic E-state index is 12.7. The number of nitrogens with zero attached hydrogens (tertiary/aromatic N) is 4. The molecule has 0 saturated heterocycles. The van der Waals surface area contributed by atoms with E-state index in [0.717, 1.165) is 30.7 Å². The van der Waals surface area contributed by atoms with Gasteiger partial charge < -0.3 is 4.90 Å². The number of carbonyl (C=O) groups is 1. The molecule has 6 nitrogen and oxygen atoms in total. The first kappa shape index (κ1) is 15.8.